The first-order valence-electron chi connectivity index (χ1n) is 15.6. The molecular weight excluding hydrogens is 570 g/mol. The second-order valence-electron chi connectivity index (χ2n) is 13.5. The van der Waals surface area contributed by atoms with Gasteiger partial charge in [-0.15, -0.1) is 0 Å². The van der Waals surface area contributed by atoms with Crippen molar-refractivity contribution in [3.8, 4) is 22.3 Å². The Labute approximate surface area is 268 Å². The van der Waals surface area contributed by atoms with E-state index in [1.165, 1.54) is 44.5 Å². The molecular formula is C42H32ClNO. The number of hydrogen-bond acceptors (Lipinski definition) is 2. The lowest BCUT2D eigenvalue weighted by atomic mass is 9.82. The van der Waals surface area contributed by atoms with Crippen LogP contribution in [0, 0.1) is 0 Å². The van der Waals surface area contributed by atoms with E-state index >= 15 is 0 Å². The van der Waals surface area contributed by atoms with Gasteiger partial charge in [0.15, 0.2) is 0 Å². The van der Waals surface area contributed by atoms with Crippen molar-refractivity contribution in [1.82, 2.24) is 0 Å². The molecule has 0 saturated carbocycles. The minimum atomic E-state index is -0.152. The predicted octanol–water partition coefficient (Wildman–Crippen LogP) is 12.3. The van der Waals surface area contributed by atoms with Crippen molar-refractivity contribution >= 4 is 50.6 Å². The minimum Gasteiger partial charge on any atom is -0.456 e. The van der Waals surface area contributed by atoms with Crippen LogP contribution in [0.3, 0.4) is 0 Å². The zero-order valence-corrected chi connectivity index (χ0v) is 26.5. The summed E-state index contributed by atoms with van der Waals surface area (Å²) in [5.74, 6) is 0. The van der Waals surface area contributed by atoms with Crippen LogP contribution in [0.2, 0.25) is 5.02 Å². The summed E-state index contributed by atoms with van der Waals surface area (Å²) in [6.45, 7) is 9.29. The summed E-state index contributed by atoms with van der Waals surface area (Å²) in [6.07, 6.45) is 0. The van der Waals surface area contributed by atoms with Crippen molar-refractivity contribution in [2.24, 2.45) is 0 Å². The first-order chi connectivity index (χ1) is 21.7. The monoisotopic (exact) mass is 601 g/mol. The largest absolute Gasteiger partial charge is 0.456 e. The van der Waals surface area contributed by atoms with Gasteiger partial charge in [0, 0.05) is 39.0 Å². The van der Waals surface area contributed by atoms with Crippen molar-refractivity contribution < 1.29 is 4.42 Å². The fraction of sp³-hybridized carbons (Fsp3) is 0.143. The summed E-state index contributed by atoms with van der Waals surface area (Å²) in [6, 6.07) is 43.6. The van der Waals surface area contributed by atoms with E-state index < -0.39 is 0 Å². The molecule has 0 spiro atoms. The average molecular weight is 602 g/mol. The smallest absolute Gasteiger partial charge is 0.137 e. The Kier molecular flexibility index (Phi) is 5.39. The molecule has 0 unspecified atom stereocenters. The number of fused-ring (bicyclic) bond motifs is 9. The zero-order valence-electron chi connectivity index (χ0n) is 25.8. The summed E-state index contributed by atoms with van der Waals surface area (Å²) in [4.78, 5) is 2.31. The second kappa shape index (κ2) is 9.12. The molecule has 0 fully saturated rings. The Morgan fingerprint density at radius 1 is 0.489 bits per heavy atom. The fourth-order valence-corrected chi connectivity index (χ4v) is 8.24. The van der Waals surface area contributed by atoms with E-state index in [1.807, 2.05) is 12.1 Å². The highest BCUT2D eigenvalue weighted by molar-refractivity contribution is 6.34. The van der Waals surface area contributed by atoms with Gasteiger partial charge in [-0.1, -0.05) is 112 Å². The van der Waals surface area contributed by atoms with Crippen molar-refractivity contribution in [1.29, 1.82) is 0 Å². The van der Waals surface area contributed by atoms with Crippen molar-refractivity contribution in [2.45, 2.75) is 38.5 Å². The van der Waals surface area contributed by atoms with Crippen LogP contribution in [0.5, 0.6) is 0 Å². The Bertz CT molecular complexity index is 2360. The van der Waals surface area contributed by atoms with E-state index in [4.69, 9.17) is 16.0 Å². The minimum absolute atomic E-state index is 0.123. The molecule has 0 radical (unpaired) electrons. The number of benzene rings is 6. The third-order valence-electron chi connectivity index (χ3n) is 10.3. The number of anilines is 3. The molecule has 0 atom stereocenters. The molecule has 1 aromatic heterocycles. The Morgan fingerprint density at radius 2 is 1.04 bits per heavy atom. The van der Waals surface area contributed by atoms with Gasteiger partial charge in [-0.3, -0.25) is 0 Å². The third-order valence-corrected chi connectivity index (χ3v) is 10.6. The lowest BCUT2D eigenvalue weighted by molar-refractivity contribution is 0.660. The molecule has 9 rings (SSSR count). The predicted molar refractivity (Wildman–Crippen MR) is 189 cm³/mol. The van der Waals surface area contributed by atoms with Gasteiger partial charge in [0.2, 0.25) is 0 Å². The molecule has 3 heteroatoms. The molecule has 218 valence electrons. The molecule has 0 aliphatic heterocycles. The van der Waals surface area contributed by atoms with Crippen LogP contribution in [-0.4, -0.2) is 0 Å². The average Bonchev–Trinajstić information content (AvgIpc) is 3.61. The zero-order chi connectivity index (χ0) is 30.7. The lowest BCUT2D eigenvalue weighted by Crippen LogP contribution is -2.18. The van der Waals surface area contributed by atoms with Crippen LogP contribution >= 0.6 is 11.6 Å². The molecule has 2 aliphatic carbocycles. The number of rotatable bonds is 3. The number of halogens is 1. The molecule has 7 aromatic rings. The summed E-state index contributed by atoms with van der Waals surface area (Å²) in [5.41, 5.74) is 14.9. The summed E-state index contributed by atoms with van der Waals surface area (Å²) in [5, 5.41) is 2.95. The van der Waals surface area contributed by atoms with E-state index in [0.29, 0.717) is 5.02 Å². The van der Waals surface area contributed by atoms with Gasteiger partial charge in [-0.2, -0.15) is 0 Å². The van der Waals surface area contributed by atoms with Crippen molar-refractivity contribution in [3.63, 3.8) is 0 Å². The molecule has 6 aromatic carbocycles. The van der Waals surface area contributed by atoms with Crippen LogP contribution in [0.4, 0.5) is 17.1 Å². The Morgan fingerprint density at radius 3 is 1.80 bits per heavy atom. The molecule has 1 heterocycles. The summed E-state index contributed by atoms with van der Waals surface area (Å²) in [7, 11) is 0. The molecule has 2 aliphatic rings. The lowest BCUT2D eigenvalue weighted by Gasteiger charge is -2.30. The van der Waals surface area contributed by atoms with E-state index in [0.717, 1.165) is 39.0 Å². The van der Waals surface area contributed by atoms with Crippen LogP contribution in [0.15, 0.2) is 126 Å². The fourth-order valence-electron chi connectivity index (χ4n) is 7.99. The number of para-hydroxylation sites is 1. The van der Waals surface area contributed by atoms with Crippen LogP contribution in [0.1, 0.15) is 49.9 Å². The number of furan rings is 1. The third kappa shape index (κ3) is 3.63. The number of nitrogens with zero attached hydrogens (tertiary/aromatic N) is 1. The highest BCUT2D eigenvalue weighted by atomic mass is 35.5. The Balaban J connectivity index is 1.29. The highest BCUT2D eigenvalue weighted by Crippen LogP contribution is 2.54. The van der Waals surface area contributed by atoms with E-state index in [9.17, 15) is 0 Å². The SMILES string of the molecule is CC1(C)c2ccccc2-c2ccc(N(c3ccc4c(c3)oc3ccccc34)c3cc4c(cc3Cl)-c3ccccc3C4(C)C)cc21. The quantitative estimate of drug-likeness (QED) is 0.200. The van der Waals surface area contributed by atoms with Gasteiger partial charge in [0.05, 0.1) is 10.7 Å². The van der Waals surface area contributed by atoms with Gasteiger partial charge in [0.1, 0.15) is 11.2 Å². The maximum atomic E-state index is 7.33. The van der Waals surface area contributed by atoms with Gasteiger partial charge < -0.3 is 9.32 Å². The molecule has 0 saturated heterocycles. The maximum Gasteiger partial charge on any atom is 0.137 e. The van der Waals surface area contributed by atoms with E-state index in [1.54, 1.807) is 0 Å². The van der Waals surface area contributed by atoms with Crippen molar-refractivity contribution in [3.05, 3.63) is 149 Å². The van der Waals surface area contributed by atoms with Gasteiger partial charge in [-0.25, -0.2) is 0 Å². The highest BCUT2D eigenvalue weighted by Gasteiger charge is 2.38. The van der Waals surface area contributed by atoms with E-state index in [-0.39, 0.29) is 10.8 Å². The van der Waals surface area contributed by atoms with Gasteiger partial charge in [-0.05, 0) is 87.0 Å². The van der Waals surface area contributed by atoms with Crippen LogP contribution < -0.4 is 4.90 Å². The molecule has 0 N–H and O–H groups in total. The first-order valence-corrected chi connectivity index (χ1v) is 16.0. The molecule has 0 bridgehead atoms. The maximum absolute atomic E-state index is 7.33. The van der Waals surface area contributed by atoms with E-state index in [2.05, 4.69) is 142 Å². The second-order valence-corrected chi connectivity index (χ2v) is 13.9. The topological polar surface area (TPSA) is 16.4 Å². The van der Waals surface area contributed by atoms with Gasteiger partial charge in [0.25, 0.3) is 0 Å². The molecule has 45 heavy (non-hydrogen) atoms. The standard InChI is InChI=1S/C42H32ClNO/c1-41(2)33-14-8-5-11-27(33)29-19-17-25(21-35(29)41)44(26-18-20-31-30-13-7-10-16-39(30)45-40(31)22-26)38-24-36-32(23-37(38)43)28-12-6-9-15-34(28)42(36,3)4/h5-24H,1-4H3. The summed E-state index contributed by atoms with van der Waals surface area (Å²) >= 11 is 7.33. The Hall–Kier alpha value is -4.79. The van der Waals surface area contributed by atoms with Crippen LogP contribution in [0.25, 0.3) is 44.2 Å². The first kappa shape index (κ1) is 26.6. The molecule has 2 nitrogen and oxygen atoms in total. The molecule has 0 amide bonds. The normalized spacial score (nSPS) is 15.1. The van der Waals surface area contributed by atoms with Crippen LogP contribution in [-0.2, 0) is 10.8 Å². The summed E-state index contributed by atoms with van der Waals surface area (Å²) < 4.78 is 6.38. The number of hydrogen-bond donors (Lipinski definition) is 0. The van der Waals surface area contributed by atoms with Gasteiger partial charge >= 0.3 is 0 Å². The van der Waals surface area contributed by atoms with Crippen molar-refractivity contribution in [2.75, 3.05) is 4.90 Å².